The number of carbonyl (C=O) groups is 1. The zero-order chi connectivity index (χ0) is 17.2. The van der Waals surface area contributed by atoms with Gasteiger partial charge in [0.15, 0.2) is 0 Å². The Morgan fingerprint density at radius 1 is 1.12 bits per heavy atom. The molecule has 2 aromatic rings. The number of carbonyl (C=O) groups excluding carboxylic acids is 1. The highest BCUT2D eigenvalue weighted by Gasteiger charge is 2.07. The predicted octanol–water partition coefficient (Wildman–Crippen LogP) is 3.73. The summed E-state index contributed by atoms with van der Waals surface area (Å²) in [6.07, 6.45) is 0.841. The van der Waals surface area contributed by atoms with Gasteiger partial charge >= 0.3 is 0 Å². The van der Waals surface area contributed by atoms with E-state index in [1.54, 1.807) is 7.11 Å². The van der Waals surface area contributed by atoms with Crippen molar-refractivity contribution in [3.63, 3.8) is 0 Å². The summed E-state index contributed by atoms with van der Waals surface area (Å²) in [7, 11) is 1.64. The number of hydrogen-bond donors (Lipinski definition) is 1. The molecule has 0 saturated heterocycles. The SMILES string of the molecule is COCc1cccc(C(=O)NCCCOC(C)c2ccccc2)c1. The Balaban J connectivity index is 1.68. The summed E-state index contributed by atoms with van der Waals surface area (Å²) in [5.74, 6) is -0.0657. The van der Waals surface area contributed by atoms with E-state index < -0.39 is 0 Å². The van der Waals surface area contributed by atoms with Crippen LogP contribution in [-0.2, 0) is 16.1 Å². The summed E-state index contributed by atoms with van der Waals surface area (Å²) >= 11 is 0. The van der Waals surface area contributed by atoms with Gasteiger partial charge in [-0.3, -0.25) is 4.79 Å². The van der Waals surface area contributed by atoms with E-state index >= 15 is 0 Å². The molecule has 4 heteroatoms. The standard InChI is InChI=1S/C20H25NO3/c1-16(18-9-4-3-5-10-18)24-13-7-12-21-20(22)19-11-6-8-17(14-19)15-23-2/h3-6,8-11,14,16H,7,12-13,15H2,1-2H3,(H,21,22). The van der Waals surface area contributed by atoms with Crippen molar-refractivity contribution in [2.24, 2.45) is 0 Å². The minimum absolute atomic E-state index is 0.0626. The molecule has 2 rings (SSSR count). The molecule has 1 unspecified atom stereocenters. The minimum atomic E-state index is -0.0657. The number of benzene rings is 2. The van der Waals surface area contributed by atoms with E-state index in [0.717, 1.165) is 17.5 Å². The Bertz CT molecular complexity index is 628. The van der Waals surface area contributed by atoms with Crippen molar-refractivity contribution in [2.75, 3.05) is 20.3 Å². The highest BCUT2D eigenvalue weighted by molar-refractivity contribution is 5.94. The Hall–Kier alpha value is -2.17. The van der Waals surface area contributed by atoms with E-state index in [4.69, 9.17) is 9.47 Å². The molecular weight excluding hydrogens is 302 g/mol. The average molecular weight is 327 g/mol. The lowest BCUT2D eigenvalue weighted by Gasteiger charge is -2.13. The van der Waals surface area contributed by atoms with Crippen molar-refractivity contribution < 1.29 is 14.3 Å². The molecule has 2 aromatic carbocycles. The molecule has 0 aliphatic heterocycles. The fourth-order valence-electron chi connectivity index (χ4n) is 2.43. The molecule has 0 aliphatic carbocycles. The van der Waals surface area contributed by atoms with Gasteiger partial charge in [0.25, 0.3) is 5.91 Å². The summed E-state index contributed by atoms with van der Waals surface area (Å²) in [6.45, 7) is 3.75. The van der Waals surface area contributed by atoms with Crippen LogP contribution in [0.5, 0.6) is 0 Å². The topological polar surface area (TPSA) is 47.6 Å². The maximum Gasteiger partial charge on any atom is 0.251 e. The van der Waals surface area contributed by atoms with Crippen molar-refractivity contribution >= 4 is 5.91 Å². The maximum absolute atomic E-state index is 12.1. The van der Waals surface area contributed by atoms with E-state index in [0.29, 0.717) is 25.3 Å². The molecule has 1 atom stereocenters. The van der Waals surface area contributed by atoms with Gasteiger partial charge in [-0.2, -0.15) is 0 Å². The van der Waals surface area contributed by atoms with E-state index in [-0.39, 0.29) is 12.0 Å². The quantitative estimate of drug-likeness (QED) is 0.714. The first kappa shape index (κ1) is 18.2. The molecule has 0 aliphatic rings. The van der Waals surface area contributed by atoms with Crippen LogP contribution in [0.1, 0.15) is 40.9 Å². The molecule has 0 bridgehead atoms. The van der Waals surface area contributed by atoms with Crippen LogP contribution in [0.2, 0.25) is 0 Å². The van der Waals surface area contributed by atoms with E-state index in [1.807, 2.05) is 49.4 Å². The first-order chi connectivity index (χ1) is 11.7. The number of nitrogens with one attached hydrogen (secondary N) is 1. The van der Waals surface area contributed by atoms with Crippen LogP contribution in [-0.4, -0.2) is 26.2 Å². The van der Waals surface area contributed by atoms with Crippen LogP contribution in [0.15, 0.2) is 54.6 Å². The third-order valence-electron chi connectivity index (χ3n) is 3.74. The van der Waals surface area contributed by atoms with Gasteiger partial charge < -0.3 is 14.8 Å². The van der Waals surface area contributed by atoms with Crippen LogP contribution < -0.4 is 5.32 Å². The Morgan fingerprint density at radius 2 is 1.92 bits per heavy atom. The second kappa shape index (κ2) is 9.85. The molecule has 1 N–H and O–H groups in total. The summed E-state index contributed by atoms with van der Waals surface area (Å²) < 4.78 is 10.9. The molecule has 1 amide bonds. The zero-order valence-corrected chi connectivity index (χ0v) is 14.3. The molecule has 128 valence electrons. The zero-order valence-electron chi connectivity index (χ0n) is 14.3. The normalized spacial score (nSPS) is 11.9. The van der Waals surface area contributed by atoms with Crippen molar-refractivity contribution in [2.45, 2.75) is 26.1 Å². The second-order valence-corrected chi connectivity index (χ2v) is 5.67. The number of amides is 1. The van der Waals surface area contributed by atoms with Crippen molar-refractivity contribution in [3.8, 4) is 0 Å². The van der Waals surface area contributed by atoms with Crippen LogP contribution in [0, 0.1) is 0 Å². The van der Waals surface area contributed by atoms with Gasteiger partial charge in [0.2, 0.25) is 0 Å². The van der Waals surface area contributed by atoms with Gasteiger partial charge in [-0.1, -0.05) is 42.5 Å². The monoisotopic (exact) mass is 327 g/mol. The smallest absolute Gasteiger partial charge is 0.251 e. The lowest BCUT2D eigenvalue weighted by atomic mass is 10.1. The largest absolute Gasteiger partial charge is 0.380 e. The summed E-state index contributed by atoms with van der Waals surface area (Å²) in [5, 5.41) is 2.92. The van der Waals surface area contributed by atoms with Crippen LogP contribution in [0.3, 0.4) is 0 Å². The molecule has 0 spiro atoms. The van der Waals surface area contributed by atoms with Crippen molar-refractivity contribution in [3.05, 3.63) is 71.3 Å². The molecular formula is C20H25NO3. The second-order valence-electron chi connectivity index (χ2n) is 5.67. The highest BCUT2D eigenvalue weighted by Crippen LogP contribution is 2.15. The predicted molar refractivity (Wildman–Crippen MR) is 94.9 cm³/mol. The fraction of sp³-hybridized carbons (Fsp3) is 0.350. The van der Waals surface area contributed by atoms with Gasteiger partial charge in [0, 0.05) is 25.8 Å². The lowest BCUT2D eigenvalue weighted by Crippen LogP contribution is -2.25. The first-order valence-electron chi connectivity index (χ1n) is 8.23. The van der Waals surface area contributed by atoms with Gasteiger partial charge in [-0.15, -0.1) is 0 Å². The van der Waals surface area contributed by atoms with Crippen molar-refractivity contribution in [1.29, 1.82) is 0 Å². The van der Waals surface area contributed by atoms with Crippen LogP contribution in [0.4, 0.5) is 0 Å². The average Bonchev–Trinajstić information content (AvgIpc) is 2.62. The number of ether oxygens (including phenoxy) is 2. The third-order valence-corrected chi connectivity index (χ3v) is 3.74. The highest BCUT2D eigenvalue weighted by atomic mass is 16.5. The van der Waals surface area contributed by atoms with Gasteiger partial charge in [0.1, 0.15) is 0 Å². The molecule has 0 fully saturated rings. The number of methoxy groups -OCH3 is 1. The van der Waals surface area contributed by atoms with Gasteiger partial charge in [-0.25, -0.2) is 0 Å². The van der Waals surface area contributed by atoms with Crippen LogP contribution >= 0.6 is 0 Å². The van der Waals surface area contributed by atoms with E-state index in [2.05, 4.69) is 17.4 Å². The van der Waals surface area contributed by atoms with Crippen molar-refractivity contribution in [1.82, 2.24) is 5.32 Å². The van der Waals surface area contributed by atoms with Gasteiger partial charge in [-0.05, 0) is 36.6 Å². The molecule has 4 nitrogen and oxygen atoms in total. The molecule has 0 aromatic heterocycles. The van der Waals surface area contributed by atoms with Crippen LogP contribution in [0.25, 0.3) is 0 Å². The molecule has 0 heterocycles. The minimum Gasteiger partial charge on any atom is -0.380 e. The summed E-state index contributed by atoms with van der Waals surface area (Å²) in [5.41, 5.74) is 2.81. The fourth-order valence-corrected chi connectivity index (χ4v) is 2.43. The Labute approximate surface area is 143 Å². The molecule has 0 saturated carbocycles. The summed E-state index contributed by atoms with van der Waals surface area (Å²) in [4.78, 5) is 12.1. The summed E-state index contributed by atoms with van der Waals surface area (Å²) in [6, 6.07) is 17.6. The van der Waals surface area contributed by atoms with E-state index in [1.165, 1.54) is 0 Å². The van der Waals surface area contributed by atoms with E-state index in [9.17, 15) is 4.79 Å². The third kappa shape index (κ3) is 5.80. The van der Waals surface area contributed by atoms with Gasteiger partial charge in [0.05, 0.1) is 12.7 Å². The number of rotatable bonds is 9. The molecule has 24 heavy (non-hydrogen) atoms. The first-order valence-corrected chi connectivity index (χ1v) is 8.23. The maximum atomic E-state index is 12.1. The Morgan fingerprint density at radius 3 is 2.67 bits per heavy atom. The molecule has 0 radical (unpaired) electrons. The Kier molecular flexibility index (Phi) is 7.46. The lowest BCUT2D eigenvalue weighted by molar-refractivity contribution is 0.0635. The number of hydrogen-bond acceptors (Lipinski definition) is 3.